The van der Waals surface area contributed by atoms with Gasteiger partial charge in [-0.3, -0.25) is 9.59 Å². The van der Waals surface area contributed by atoms with Crippen LogP contribution in [-0.2, 0) is 9.53 Å². The van der Waals surface area contributed by atoms with Crippen LogP contribution in [0.5, 0.6) is 0 Å². The molecule has 6 nitrogen and oxygen atoms in total. The van der Waals surface area contributed by atoms with Gasteiger partial charge < -0.3 is 19.9 Å². The molecule has 1 atom stereocenters. The number of ether oxygens (including phenoxy) is 1. The van der Waals surface area contributed by atoms with Gasteiger partial charge in [-0.05, 0) is 31.0 Å². The minimum Gasteiger partial charge on any atom is -0.376 e. The predicted molar refractivity (Wildman–Crippen MR) is 95.3 cm³/mol. The zero-order valence-electron chi connectivity index (χ0n) is 15.3. The van der Waals surface area contributed by atoms with Crippen molar-refractivity contribution < 1.29 is 23.1 Å². The topological polar surface area (TPSA) is 61.9 Å². The van der Waals surface area contributed by atoms with Gasteiger partial charge in [-0.2, -0.15) is 0 Å². The van der Waals surface area contributed by atoms with E-state index in [1.807, 2.05) is 0 Å². The van der Waals surface area contributed by atoms with Crippen molar-refractivity contribution in [3.05, 3.63) is 35.4 Å². The maximum atomic E-state index is 13.5. The molecule has 2 saturated heterocycles. The van der Waals surface area contributed by atoms with E-state index in [1.165, 1.54) is 11.0 Å². The molecule has 2 heterocycles. The SMILES string of the molecule is O=C(CCN(C[C@H]1CCCO1)C(=O)c1ccc(F)c(F)c1)N1CCNCC1. The third-order valence-corrected chi connectivity index (χ3v) is 4.97. The van der Waals surface area contributed by atoms with Gasteiger partial charge in [0.05, 0.1) is 6.10 Å². The number of nitrogens with one attached hydrogen (secondary N) is 1. The normalized spacial score (nSPS) is 19.9. The average molecular weight is 381 g/mol. The van der Waals surface area contributed by atoms with Crippen molar-refractivity contribution in [2.75, 3.05) is 45.9 Å². The van der Waals surface area contributed by atoms with Crippen LogP contribution in [0.3, 0.4) is 0 Å². The van der Waals surface area contributed by atoms with Gasteiger partial charge in [0.25, 0.3) is 5.91 Å². The molecule has 1 aromatic carbocycles. The summed E-state index contributed by atoms with van der Waals surface area (Å²) in [6.07, 6.45) is 1.88. The van der Waals surface area contributed by atoms with Crippen LogP contribution in [0.2, 0.25) is 0 Å². The summed E-state index contributed by atoms with van der Waals surface area (Å²) in [6, 6.07) is 3.11. The first-order valence-corrected chi connectivity index (χ1v) is 9.39. The van der Waals surface area contributed by atoms with Crippen LogP contribution >= 0.6 is 0 Å². The van der Waals surface area contributed by atoms with Crippen LogP contribution in [-0.4, -0.2) is 73.6 Å². The lowest BCUT2D eigenvalue weighted by Crippen LogP contribution is -2.47. The maximum absolute atomic E-state index is 13.5. The van der Waals surface area contributed by atoms with Crippen LogP contribution in [0.4, 0.5) is 8.78 Å². The largest absolute Gasteiger partial charge is 0.376 e. The number of nitrogens with zero attached hydrogens (tertiary/aromatic N) is 2. The summed E-state index contributed by atoms with van der Waals surface area (Å²) in [6.45, 7) is 4.05. The Morgan fingerprint density at radius 2 is 2.00 bits per heavy atom. The summed E-state index contributed by atoms with van der Waals surface area (Å²) in [7, 11) is 0. The van der Waals surface area contributed by atoms with Gasteiger partial charge in [0, 0.05) is 57.9 Å². The van der Waals surface area contributed by atoms with E-state index in [9.17, 15) is 18.4 Å². The van der Waals surface area contributed by atoms with E-state index in [2.05, 4.69) is 5.32 Å². The van der Waals surface area contributed by atoms with Gasteiger partial charge in [-0.25, -0.2) is 8.78 Å². The van der Waals surface area contributed by atoms with Crippen LogP contribution in [0, 0.1) is 11.6 Å². The Morgan fingerprint density at radius 3 is 2.67 bits per heavy atom. The van der Waals surface area contributed by atoms with Crippen molar-refractivity contribution in [3.8, 4) is 0 Å². The molecule has 0 unspecified atom stereocenters. The lowest BCUT2D eigenvalue weighted by molar-refractivity contribution is -0.132. The third kappa shape index (κ3) is 5.23. The molecule has 8 heteroatoms. The highest BCUT2D eigenvalue weighted by Crippen LogP contribution is 2.17. The average Bonchev–Trinajstić information content (AvgIpc) is 3.20. The molecule has 0 saturated carbocycles. The molecule has 27 heavy (non-hydrogen) atoms. The summed E-state index contributed by atoms with van der Waals surface area (Å²) >= 11 is 0. The fourth-order valence-corrected chi connectivity index (χ4v) is 3.42. The number of carbonyl (C=O) groups is 2. The Hall–Kier alpha value is -2.06. The Labute approximate surface area is 157 Å². The van der Waals surface area contributed by atoms with E-state index >= 15 is 0 Å². The van der Waals surface area contributed by atoms with Crippen molar-refractivity contribution in [2.45, 2.75) is 25.4 Å². The zero-order chi connectivity index (χ0) is 19.2. The van der Waals surface area contributed by atoms with Gasteiger partial charge in [0.15, 0.2) is 11.6 Å². The first kappa shape index (κ1) is 19.7. The molecule has 3 rings (SSSR count). The molecule has 0 aliphatic carbocycles. The van der Waals surface area contributed by atoms with E-state index < -0.39 is 17.5 Å². The van der Waals surface area contributed by atoms with Crippen molar-refractivity contribution in [1.29, 1.82) is 0 Å². The number of amides is 2. The lowest BCUT2D eigenvalue weighted by atomic mass is 10.1. The monoisotopic (exact) mass is 381 g/mol. The minimum absolute atomic E-state index is 0.00748. The van der Waals surface area contributed by atoms with Crippen molar-refractivity contribution in [2.24, 2.45) is 0 Å². The molecule has 0 spiro atoms. The number of rotatable bonds is 6. The number of hydrogen-bond acceptors (Lipinski definition) is 4. The molecule has 0 bridgehead atoms. The number of benzene rings is 1. The summed E-state index contributed by atoms with van der Waals surface area (Å²) < 4.78 is 32.3. The van der Waals surface area contributed by atoms with E-state index in [-0.39, 0.29) is 30.5 Å². The fraction of sp³-hybridized carbons (Fsp3) is 0.579. The molecule has 2 aliphatic rings. The van der Waals surface area contributed by atoms with Gasteiger partial charge in [0.2, 0.25) is 5.91 Å². The Kier molecular flexibility index (Phi) is 6.73. The van der Waals surface area contributed by atoms with E-state index in [4.69, 9.17) is 4.74 Å². The smallest absolute Gasteiger partial charge is 0.254 e. The van der Waals surface area contributed by atoms with Crippen LogP contribution in [0.25, 0.3) is 0 Å². The maximum Gasteiger partial charge on any atom is 0.254 e. The van der Waals surface area contributed by atoms with Crippen molar-refractivity contribution in [1.82, 2.24) is 15.1 Å². The summed E-state index contributed by atoms with van der Waals surface area (Å²) in [5, 5.41) is 3.19. The first-order chi connectivity index (χ1) is 13.0. The Morgan fingerprint density at radius 1 is 1.22 bits per heavy atom. The summed E-state index contributed by atoms with van der Waals surface area (Å²) in [5.41, 5.74) is 0.0709. The molecule has 0 radical (unpaired) electrons. The molecular formula is C19H25F2N3O3. The highest BCUT2D eigenvalue weighted by atomic mass is 19.2. The highest BCUT2D eigenvalue weighted by Gasteiger charge is 2.25. The number of carbonyl (C=O) groups excluding carboxylic acids is 2. The second-order valence-corrected chi connectivity index (χ2v) is 6.90. The molecule has 2 amide bonds. The van der Waals surface area contributed by atoms with Crippen LogP contribution < -0.4 is 5.32 Å². The van der Waals surface area contributed by atoms with E-state index in [0.29, 0.717) is 26.2 Å². The number of hydrogen-bond donors (Lipinski definition) is 1. The van der Waals surface area contributed by atoms with E-state index in [0.717, 1.165) is 38.1 Å². The number of piperazine rings is 1. The second kappa shape index (κ2) is 9.23. The quantitative estimate of drug-likeness (QED) is 0.809. The molecule has 2 fully saturated rings. The van der Waals surface area contributed by atoms with Crippen molar-refractivity contribution >= 4 is 11.8 Å². The second-order valence-electron chi connectivity index (χ2n) is 6.90. The molecular weight excluding hydrogens is 356 g/mol. The minimum atomic E-state index is -1.06. The molecule has 148 valence electrons. The van der Waals surface area contributed by atoms with Gasteiger partial charge in [0.1, 0.15) is 0 Å². The predicted octanol–water partition coefficient (Wildman–Crippen LogP) is 1.41. The fourth-order valence-electron chi connectivity index (χ4n) is 3.42. The third-order valence-electron chi connectivity index (χ3n) is 4.97. The number of halogens is 2. The molecule has 2 aliphatic heterocycles. The summed E-state index contributed by atoms with van der Waals surface area (Å²) in [4.78, 5) is 28.5. The highest BCUT2D eigenvalue weighted by molar-refractivity contribution is 5.94. The van der Waals surface area contributed by atoms with Gasteiger partial charge in [-0.1, -0.05) is 0 Å². The summed E-state index contributed by atoms with van der Waals surface area (Å²) in [5.74, 6) is -2.48. The standard InChI is InChI=1S/C19H25F2N3O3/c20-16-4-3-14(12-17(16)21)19(26)24(13-15-2-1-11-27-15)8-5-18(25)23-9-6-22-7-10-23/h3-4,12,15,22H,1-2,5-11,13H2/t15-/m1/s1. The lowest BCUT2D eigenvalue weighted by Gasteiger charge is -2.30. The zero-order valence-corrected chi connectivity index (χ0v) is 15.3. The molecule has 1 N–H and O–H groups in total. The van der Waals surface area contributed by atoms with Crippen molar-refractivity contribution in [3.63, 3.8) is 0 Å². The Balaban J connectivity index is 1.66. The van der Waals surface area contributed by atoms with Crippen LogP contribution in [0.1, 0.15) is 29.6 Å². The first-order valence-electron chi connectivity index (χ1n) is 9.39. The van der Waals surface area contributed by atoms with Crippen LogP contribution in [0.15, 0.2) is 18.2 Å². The Bertz CT molecular complexity index is 674. The molecule has 1 aromatic rings. The molecule has 0 aromatic heterocycles. The van der Waals surface area contributed by atoms with E-state index in [1.54, 1.807) is 4.90 Å². The van der Waals surface area contributed by atoms with Gasteiger partial charge in [-0.15, -0.1) is 0 Å². The van der Waals surface area contributed by atoms with Gasteiger partial charge >= 0.3 is 0 Å².